The Hall–Kier alpha value is -0.680. The second-order valence-electron chi connectivity index (χ2n) is 4.81. The highest BCUT2D eigenvalue weighted by molar-refractivity contribution is 7.09. The lowest BCUT2D eigenvalue weighted by molar-refractivity contribution is 0.110. The van der Waals surface area contributed by atoms with Gasteiger partial charge in [-0.15, -0.1) is 0 Å². The van der Waals surface area contributed by atoms with Crippen LogP contribution in [0.3, 0.4) is 0 Å². The van der Waals surface area contributed by atoms with Gasteiger partial charge in [0.2, 0.25) is 5.13 Å². The van der Waals surface area contributed by atoms with Gasteiger partial charge < -0.3 is 10.0 Å². The molecule has 0 spiro atoms. The van der Waals surface area contributed by atoms with E-state index >= 15 is 0 Å². The summed E-state index contributed by atoms with van der Waals surface area (Å²) in [7, 11) is 0. The molecule has 1 fully saturated rings. The Labute approximate surface area is 107 Å². The van der Waals surface area contributed by atoms with E-state index in [4.69, 9.17) is 0 Å². The number of aryl methyl sites for hydroxylation is 1. The van der Waals surface area contributed by atoms with Gasteiger partial charge in [-0.1, -0.05) is 6.92 Å². The molecule has 1 saturated heterocycles. The van der Waals surface area contributed by atoms with Crippen LogP contribution < -0.4 is 4.90 Å². The topological polar surface area (TPSA) is 49.2 Å². The lowest BCUT2D eigenvalue weighted by atomic mass is 9.92. The lowest BCUT2D eigenvalue weighted by Crippen LogP contribution is -2.37. The van der Waals surface area contributed by atoms with Gasteiger partial charge in [0.05, 0.1) is 6.10 Å². The standard InChI is InChI=1S/C12H21N3OS/c1-3-4-11-13-12(17-14-11)15-7-5-10(6-8-15)9(2)16/h9-10,16H,3-8H2,1-2H3. The molecule has 0 aromatic carbocycles. The van der Waals surface area contributed by atoms with E-state index in [0.29, 0.717) is 5.92 Å². The van der Waals surface area contributed by atoms with Crippen LogP contribution >= 0.6 is 11.5 Å². The number of aliphatic hydroxyl groups excluding tert-OH is 1. The highest BCUT2D eigenvalue weighted by Crippen LogP contribution is 2.26. The summed E-state index contributed by atoms with van der Waals surface area (Å²) in [5.74, 6) is 1.43. The van der Waals surface area contributed by atoms with E-state index < -0.39 is 0 Å². The van der Waals surface area contributed by atoms with Crippen LogP contribution in [-0.4, -0.2) is 33.7 Å². The van der Waals surface area contributed by atoms with E-state index in [2.05, 4.69) is 21.2 Å². The molecule has 1 aliphatic rings. The maximum atomic E-state index is 9.56. The van der Waals surface area contributed by atoms with Crippen LogP contribution in [0.25, 0.3) is 0 Å². The molecule has 1 aliphatic heterocycles. The third-order valence-corrected chi connectivity index (χ3v) is 4.24. The van der Waals surface area contributed by atoms with Crippen molar-refractivity contribution in [3.63, 3.8) is 0 Å². The van der Waals surface area contributed by atoms with E-state index in [1.807, 2.05) is 6.92 Å². The Morgan fingerprint density at radius 2 is 2.18 bits per heavy atom. The Morgan fingerprint density at radius 1 is 1.47 bits per heavy atom. The Balaban J connectivity index is 1.91. The predicted molar refractivity (Wildman–Crippen MR) is 70.5 cm³/mol. The molecular formula is C12H21N3OS. The van der Waals surface area contributed by atoms with Crippen LogP contribution in [0, 0.1) is 5.92 Å². The molecular weight excluding hydrogens is 234 g/mol. The first-order valence-corrected chi connectivity index (χ1v) is 7.23. The van der Waals surface area contributed by atoms with Gasteiger partial charge in [0.1, 0.15) is 5.82 Å². The summed E-state index contributed by atoms with van der Waals surface area (Å²) in [6, 6.07) is 0. The number of anilines is 1. The van der Waals surface area contributed by atoms with E-state index in [0.717, 1.165) is 49.7 Å². The number of piperidine rings is 1. The molecule has 1 unspecified atom stereocenters. The number of rotatable bonds is 4. The number of nitrogens with zero attached hydrogens (tertiary/aromatic N) is 3. The van der Waals surface area contributed by atoms with E-state index in [1.165, 1.54) is 11.5 Å². The van der Waals surface area contributed by atoms with Crippen LogP contribution in [0.1, 0.15) is 38.9 Å². The number of aliphatic hydroxyl groups is 1. The van der Waals surface area contributed by atoms with E-state index in [-0.39, 0.29) is 6.10 Å². The Bertz CT molecular complexity index is 345. The zero-order valence-corrected chi connectivity index (χ0v) is 11.4. The van der Waals surface area contributed by atoms with Crippen LogP contribution in [0.15, 0.2) is 0 Å². The minimum atomic E-state index is -0.178. The molecule has 1 N–H and O–H groups in total. The zero-order valence-electron chi connectivity index (χ0n) is 10.6. The van der Waals surface area contributed by atoms with Gasteiger partial charge in [0.15, 0.2) is 0 Å². The first-order chi connectivity index (χ1) is 8.20. The fraction of sp³-hybridized carbons (Fsp3) is 0.833. The smallest absolute Gasteiger partial charge is 0.205 e. The molecule has 17 heavy (non-hydrogen) atoms. The fourth-order valence-corrected chi connectivity index (χ4v) is 3.03. The highest BCUT2D eigenvalue weighted by atomic mass is 32.1. The van der Waals surface area contributed by atoms with Crippen molar-refractivity contribution in [1.82, 2.24) is 9.36 Å². The van der Waals surface area contributed by atoms with Gasteiger partial charge in [-0.25, -0.2) is 4.98 Å². The van der Waals surface area contributed by atoms with Crippen molar-refractivity contribution >= 4 is 16.7 Å². The summed E-state index contributed by atoms with van der Waals surface area (Å²) in [5.41, 5.74) is 0. The summed E-state index contributed by atoms with van der Waals surface area (Å²) >= 11 is 1.51. The fourth-order valence-electron chi connectivity index (χ4n) is 2.27. The largest absolute Gasteiger partial charge is 0.393 e. The molecule has 1 aromatic rings. The van der Waals surface area contributed by atoms with Gasteiger partial charge in [-0.2, -0.15) is 4.37 Å². The minimum Gasteiger partial charge on any atom is -0.393 e. The second kappa shape index (κ2) is 5.78. The van der Waals surface area contributed by atoms with Gasteiger partial charge in [-0.3, -0.25) is 0 Å². The van der Waals surface area contributed by atoms with Gasteiger partial charge in [-0.05, 0) is 32.1 Å². The molecule has 4 nitrogen and oxygen atoms in total. The van der Waals surface area contributed by atoms with Crippen LogP contribution in [0.2, 0.25) is 0 Å². The van der Waals surface area contributed by atoms with Crippen LogP contribution in [-0.2, 0) is 6.42 Å². The molecule has 0 bridgehead atoms. The molecule has 1 aromatic heterocycles. The summed E-state index contributed by atoms with van der Waals surface area (Å²) in [4.78, 5) is 6.87. The summed E-state index contributed by atoms with van der Waals surface area (Å²) < 4.78 is 4.37. The summed E-state index contributed by atoms with van der Waals surface area (Å²) in [5, 5.41) is 10.6. The van der Waals surface area contributed by atoms with Crippen LogP contribution in [0.5, 0.6) is 0 Å². The molecule has 0 amide bonds. The average Bonchev–Trinajstić information content (AvgIpc) is 2.78. The second-order valence-corrected chi connectivity index (χ2v) is 5.54. The summed E-state index contributed by atoms with van der Waals surface area (Å²) in [6.45, 7) is 6.03. The third kappa shape index (κ3) is 3.16. The maximum absolute atomic E-state index is 9.56. The zero-order chi connectivity index (χ0) is 12.3. The van der Waals surface area contributed by atoms with Crippen molar-refractivity contribution in [2.45, 2.75) is 45.6 Å². The van der Waals surface area contributed by atoms with E-state index in [1.54, 1.807) is 0 Å². The van der Waals surface area contributed by atoms with Crippen LogP contribution in [0.4, 0.5) is 5.13 Å². The maximum Gasteiger partial charge on any atom is 0.205 e. The molecule has 0 saturated carbocycles. The molecule has 1 atom stereocenters. The summed E-state index contributed by atoms with van der Waals surface area (Å²) in [6.07, 6.45) is 4.00. The number of hydrogen-bond donors (Lipinski definition) is 1. The van der Waals surface area contributed by atoms with Crippen molar-refractivity contribution < 1.29 is 5.11 Å². The third-order valence-electron chi connectivity index (χ3n) is 3.42. The van der Waals surface area contributed by atoms with Gasteiger partial charge in [0, 0.05) is 31.0 Å². The van der Waals surface area contributed by atoms with Crippen molar-refractivity contribution in [3.05, 3.63) is 5.82 Å². The highest BCUT2D eigenvalue weighted by Gasteiger charge is 2.24. The molecule has 96 valence electrons. The number of hydrogen-bond acceptors (Lipinski definition) is 5. The monoisotopic (exact) mass is 255 g/mol. The van der Waals surface area contributed by atoms with E-state index in [9.17, 15) is 5.11 Å². The molecule has 5 heteroatoms. The SMILES string of the molecule is CCCc1nsc(N2CCC(C(C)O)CC2)n1. The molecule has 2 heterocycles. The first kappa shape index (κ1) is 12.8. The quantitative estimate of drug-likeness (QED) is 0.895. The molecule has 0 radical (unpaired) electrons. The van der Waals surface area contributed by atoms with Crippen molar-refractivity contribution in [2.75, 3.05) is 18.0 Å². The Kier molecular flexibility index (Phi) is 4.34. The normalized spacial score (nSPS) is 19.6. The number of aromatic nitrogens is 2. The van der Waals surface area contributed by atoms with Crippen molar-refractivity contribution in [3.8, 4) is 0 Å². The first-order valence-electron chi connectivity index (χ1n) is 6.46. The lowest BCUT2D eigenvalue weighted by Gasteiger charge is -2.32. The molecule has 2 rings (SSSR count). The minimum absolute atomic E-state index is 0.178. The van der Waals surface area contributed by atoms with Crippen molar-refractivity contribution in [1.29, 1.82) is 0 Å². The van der Waals surface area contributed by atoms with Gasteiger partial charge >= 0.3 is 0 Å². The average molecular weight is 255 g/mol. The Morgan fingerprint density at radius 3 is 2.76 bits per heavy atom. The predicted octanol–water partition coefficient (Wildman–Crippen LogP) is 2.09. The van der Waals surface area contributed by atoms with Gasteiger partial charge in [0.25, 0.3) is 0 Å². The molecule has 0 aliphatic carbocycles. The van der Waals surface area contributed by atoms with Crippen molar-refractivity contribution in [2.24, 2.45) is 5.92 Å².